The number of furan rings is 1. The highest BCUT2D eigenvalue weighted by Gasteiger charge is 2.09. The molecular formula is C14H14O4. The average molecular weight is 246 g/mol. The van der Waals surface area contributed by atoms with Crippen molar-refractivity contribution in [2.24, 2.45) is 0 Å². The van der Waals surface area contributed by atoms with Crippen LogP contribution in [0.15, 0.2) is 47.1 Å². The maximum atomic E-state index is 11.6. The molecule has 0 unspecified atom stereocenters. The van der Waals surface area contributed by atoms with Crippen molar-refractivity contribution in [1.82, 2.24) is 0 Å². The van der Waals surface area contributed by atoms with Crippen molar-refractivity contribution < 1.29 is 18.7 Å². The summed E-state index contributed by atoms with van der Waals surface area (Å²) in [7, 11) is 1.63. The lowest BCUT2D eigenvalue weighted by molar-refractivity contribution is 0.0893. The van der Waals surface area contributed by atoms with Crippen LogP contribution in [0.25, 0.3) is 0 Å². The number of carbonyl (C=O) groups excluding carboxylic acids is 1. The fraction of sp³-hybridized carbons (Fsp3) is 0.214. The zero-order valence-corrected chi connectivity index (χ0v) is 10.1. The van der Waals surface area contributed by atoms with Crippen LogP contribution in [0.3, 0.4) is 0 Å². The predicted molar refractivity (Wildman–Crippen MR) is 65.7 cm³/mol. The molecule has 0 N–H and O–H groups in total. The van der Waals surface area contributed by atoms with Crippen LogP contribution < -0.4 is 4.74 Å². The number of hydrogen-bond donors (Lipinski definition) is 0. The van der Waals surface area contributed by atoms with Gasteiger partial charge in [-0.05, 0) is 29.8 Å². The van der Waals surface area contributed by atoms with Gasteiger partial charge in [0.1, 0.15) is 5.75 Å². The van der Waals surface area contributed by atoms with Crippen LogP contribution in [-0.4, -0.2) is 19.5 Å². The minimum Gasteiger partial charge on any atom is -0.485 e. The standard InChI is InChI=1S/C14H14O4/c1-16-9-11-4-2-5-12(8-11)18-10-13(15)14-6-3-7-17-14/h2-8H,9-10H2,1H3. The molecule has 0 fully saturated rings. The second-order valence-electron chi connectivity index (χ2n) is 3.77. The summed E-state index contributed by atoms with van der Waals surface area (Å²) in [6.07, 6.45) is 1.46. The number of ketones is 1. The zero-order chi connectivity index (χ0) is 12.8. The van der Waals surface area contributed by atoms with Crippen LogP contribution in [-0.2, 0) is 11.3 Å². The number of carbonyl (C=O) groups is 1. The Bertz CT molecular complexity index is 502. The molecule has 0 radical (unpaired) electrons. The molecular weight excluding hydrogens is 232 g/mol. The lowest BCUT2D eigenvalue weighted by atomic mass is 10.2. The number of methoxy groups -OCH3 is 1. The van der Waals surface area contributed by atoms with E-state index in [0.29, 0.717) is 18.1 Å². The van der Waals surface area contributed by atoms with Gasteiger partial charge in [-0.15, -0.1) is 0 Å². The van der Waals surface area contributed by atoms with Crippen molar-refractivity contribution in [3.8, 4) is 5.75 Å². The van der Waals surface area contributed by atoms with Gasteiger partial charge in [0.05, 0.1) is 12.9 Å². The van der Waals surface area contributed by atoms with Crippen LogP contribution in [0, 0.1) is 0 Å². The van der Waals surface area contributed by atoms with Gasteiger partial charge in [-0.1, -0.05) is 12.1 Å². The van der Waals surface area contributed by atoms with Gasteiger partial charge in [0.15, 0.2) is 12.4 Å². The number of hydrogen-bond acceptors (Lipinski definition) is 4. The third kappa shape index (κ3) is 3.21. The van der Waals surface area contributed by atoms with Crippen LogP contribution in [0.2, 0.25) is 0 Å². The third-order valence-corrected chi connectivity index (χ3v) is 2.38. The highest BCUT2D eigenvalue weighted by molar-refractivity contribution is 5.94. The SMILES string of the molecule is COCc1cccc(OCC(=O)c2ccco2)c1. The molecule has 4 nitrogen and oxygen atoms in total. The van der Waals surface area contributed by atoms with Gasteiger partial charge in [0.2, 0.25) is 5.78 Å². The summed E-state index contributed by atoms with van der Waals surface area (Å²) in [4.78, 5) is 11.6. The van der Waals surface area contributed by atoms with Gasteiger partial charge in [-0.25, -0.2) is 0 Å². The topological polar surface area (TPSA) is 48.7 Å². The fourth-order valence-corrected chi connectivity index (χ4v) is 1.55. The maximum absolute atomic E-state index is 11.6. The summed E-state index contributed by atoms with van der Waals surface area (Å²) in [5.74, 6) is 0.768. The molecule has 94 valence electrons. The molecule has 18 heavy (non-hydrogen) atoms. The molecule has 4 heteroatoms. The summed E-state index contributed by atoms with van der Waals surface area (Å²) >= 11 is 0. The molecule has 0 aliphatic heterocycles. The lowest BCUT2D eigenvalue weighted by Crippen LogP contribution is -2.10. The monoisotopic (exact) mass is 246 g/mol. The van der Waals surface area contributed by atoms with Crippen molar-refractivity contribution in [1.29, 1.82) is 0 Å². The molecule has 1 aromatic heterocycles. The highest BCUT2D eigenvalue weighted by atomic mass is 16.5. The molecule has 0 amide bonds. The van der Waals surface area contributed by atoms with E-state index in [1.165, 1.54) is 6.26 Å². The van der Waals surface area contributed by atoms with Crippen LogP contribution in [0.1, 0.15) is 16.1 Å². The predicted octanol–water partition coefficient (Wildman–Crippen LogP) is 2.69. The fourth-order valence-electron chi connectivity index (χ4n) is 1.55. The van der Waals surface area contributed by atoms with Crippen LogP contribution in [0.4, 0.5) is 0 Å². The first kappa shape index (κ1) is 12.4. The molecule has 2 rings (SSSR count). The van der Waals surface area contributed by atoms with E-state index in [9.17, 15) is 4.79 Å². The van der Waals surface area contributed by atoms with Gasteiger partial charge >= 0.3 is 0 Å². The summed E-state index contributed by atoms with van der Waals surface area (Å²) in [6, 6.07) is 10.7. The Labute approximate surface area is 105 Å². The van der Waals surface area contributed by atoms with Gasteiger partial charge in [-0.3, -0.25) is 4.79 Å². The number of Topliss-reactive ketones (excluding diaryl/α,β-unsaturated/α-hetero) is 1. The summed E-state index contributed by atoms with van der Waals surface area (Å²) < 4.78 is 15.4. The number of ether oxygens (including phenoxy) is 2. The number of rotatable bonds is 6. The Hall–Kier alpha value is -2.07. The largest absolute Gasteiger partial charge is 0.485 e. The van der Waals surface area contributed by atoms with Crippen molar-refractivity contribution in [2.75, 3.05) is 13.7 Å². The Morgan fingerprint density at radius 1 is 1.28 bits per heavy atom. The Morgan fingerprint density at radius 3 is 2.89 bits per heavy atom. The second-order valence-corrected chi connectivity index (χ2v) is 3.77. The summed E-state index contributed by atoms with van der Waals surface area (Å²) in [5.41, 5.74) is 1.00. The van der Waals surface area contributed by atoms with Crippen LogP contribution in [0.5, 0.6) is 5.75 Å². The molecule has 0 aliphatic carbocycles. The first-order valence-corrected chi connectivity index (χ1v) is 5.57. The van der Waals surface area contributed by atoms with E-state index in [1.807, 2.05) is 18.2 Å². The van der Waals surface area contributed by atoms with Gasteiger partial charge in [0, 0.05) is 7.11 Å². The quantitative estimate of drug-likeness (QED) is 0.735. The molecule has 2 aromatic rings. The van der Waals surface area contributed by atoms with Gasteiger partial charge < -0.3 is 13.9 Å². The Morgan fingerprint density at radius 2 is 2.17 bits per heavy atom. The lowest BCUT2D eigenvalue weighted by Gasteiger charge is -2.06. The first-order chi connectivity index (χ1) is 8.79. The van der Waals surface area contributed by atoms with Crippen molar-refractivity contribution >= 4 is 5.78 Å². The smallest absolute Gasteiger partial charge is 0.235 e. The van der Waals surface area contributed by atoms with E-state index < -0.39 is 0 Å². The van der Waals surface area contributed by atoms with Gasteiger partial charge in [-0.2, -0.15) is 0 Å². The molecule has 0 atom stereocenters. The molecule has 1 heterocycles. The molecule has 0 saturated carbocycles. The van der Waals surface area contributed by atoms with E-state index in [1.54, 1.807) is 25.3 Å². The zero-order valence-electron chi connectivity index (χ0n) is 10.1. The van der Waals surface area contributed by atoms with Crippen molar-refractivity contribution in [3.63, 3.8) is 0 Å². The van der Waals surface area contributed by atoms with Crippen molar-refractivity contribution in [2.45, 2.75) is 6.61 Å². The maximum Gasteiger partial charge on any atom is 0.235 e. The van der Waals surface area contributed by atoms with Gasteiger partial charge in [0.25, 0.3) is 0 Å². The molecule has 0 aliphatic rings. The van der Waals surface area contributed by atoms with E-state index in [4.69, 9.17) is 13.9 Å². The molecule has 0 spiro atoms. The number of benzene rings is 1. The van der Waals surface area contributed by atoms with E-state index in [-0.39, 0.29) is 12.4 Å². The van der Waals surface area contributed by atoms with Crippen LogP contribution >= 0.6 is 0 Å². The first-order valence-electron chi connectivity index (χ1n) is 5.57. The van der Waals surface area contributed by atoms with E-state index in [2.05, 4.69) is 0 Å². The molecule has 1 aromatic carbocycles. The summed E-state index contributed by atoms with van der Waals surface area (Å²) in [6.45, 7) is 0.479. The molecule has 0 bridgehead atoms. The van der Waals surface area contributed by atoms with E-state index in [0.717, 1.165) is 5.56 Å². The Balaban J connectivity index is 1.93. The minimum absolute atomic E-state index is 0.0377. The minimum atomic E-state index is -0.183. The highest BCUT2D eigenvalue weighted by Crippen LogP contribution is 2.14. The normalized spacial score (nSPS) is 10.3. The van der Waals surface area contributed by atoms with Crippen molar-refractivity contribution in [3.05, 3.63) is 54.0 Å². The summed E-state index contributed by atoms with van der Waals surface area (Å²) in [5, 5.41) is 0. The second kappa shape index (κ2) is 6.02. The third-order valence-electron chi connectivity index (χ3n) is 2.38. The Kier molecular flexibility index (Phi) is 4.15. The molecule has 0 saturated heterocycles. The van der Waals surface area contributed by atoms with E-state index >= 15 is 0 Å². The average Bonchev–Trinajstić information content (AvgIpc) is 2.91.